The van der Waals surface area contributed by atoms with E-state index in [-0.39, 0.29) is 22.1 Å². The molecule has 1 rings (SSSR count). The second-order valence-corrected chi connectivity index (χ2v) is 3.58. The number of nitriles is 1. The lowest BCUT2D eigenvalue weighted by atomic mass is 10.2. The normalized spacial score (nSPS) is 9.05. The molecule has 19 heavy (non-hydrogen) atoms. The molecule has 0 saturated heterocycles. The Bertz CT molecular complexity index is 581. The maximum atomic E-state index is 10.9. The second-order valence-electron chi connectivity index (χ2n) is 3.17. The maximum absolute atomic E-state index is 10.9. The van der Waals surface area contributed by atoms with Crippen LogP contribution in [0, 0.1) is 21.4 Å². The zero-order valence-electron chi connectivity index (χ0n) is 9.67. The third-order valence-electron chi connectivity index (χ3n) is 1.98. The first kappa shape index (κ1) is 14.3. The fourth-order valence-electron chi connectivity index (χ4n) is 1.14. The van der Waals surface area contributed by atoms with Crippen LogP contribution in [-0.4, -0.2) is 23.2 Å². The number of hydrogen-bond acceptors (Lipinski definition) is 6. The van der Waals surface area contributed by atoms with E-state index in [4.69, 9.17) is 17.5 Å². The van der Waals surface area contributed by atoms with Crippen molar-refractivity contribution in [3.8, 4) is 6.07 Å². The number of anilines is 1. The number of nitrogens with one attached hydrogen (secondary N) is 2. The van der Waals surface area contributed by atoms with Crippen LogP contribution in [0.5, 0.6) is 0 Å². The Kier molecular flexibility index (Phi) is 4.73. The minimum atomic E-state index is -0.766. The van der Waals surface area contributed by atoms with Gasteiger partial charge in [-0.3, -0.25) is 15.4 Å². The molecule has 2 N–H and O–H groups in total. The molecule has 0 bridgehead atoms. The summed E-state index contributed by atoms with van der Waals surface area (Å²) in [5.74, 6) is 0. The molecular weight excluding hydrogens is 272 g/mol. The average molecular weight is 280 g/mol. The molecule has 1 amide bonds. The van der Waals surface area contributed by atoms with Crippen molar-refractivity contribution in [2.24, 2.45) is 0 Å². The number of non-ortho nitro benzene ring substituents is 1. The zero-order chi connectivity index (χ0) is 14.4. The van der Waals surface area contributed by atoms with Gasteiger partial charge < -0.3 is 10.1 Å². The third kappa shape index (κ3) is 3.90. The van der Waals surface area contributed by atoms with Gasteiger partial charge in [0.25, 0.3) is 5.69 Å². The van der Waals surface area contributed by atoms with Crippen molar-refractivity contribution < 1.29 is 14.5 Å². The Morgan fingerprint density at radius 2 is 2.26 bits per heavy atom. The van der Waals surface area contributed by atoms with Crippen LogP contribution in [0.2, 0.25) is 0 Å². The van der Waals surface area contributed by atoms with Crippen LogP contribution in [0.1, 0.15) is 5.56 Å². The van der Waals surface area contributed by atoms with Gasteiger partial charge in [-0.05, 0) is 18.3 Å². The lowest BCUT2D eigenvalue weighted by Gasteiger charge is -2.09. The van der Waals surface area contributed by atoms with E-state index < -0.39 is 11.0 Å². The number of hydrogen-bond donors (Lipinski definition) is 2. The molecule has 0 radical (unpaired) electrons. The van der Waals surface area contributed by atoms with Crippen LogP contribution in [0.4, 0.5) is 16.2 Å². The summed E-state index contributed by atoms with van der Waals surface area (Å²) in [5.41, 5.74) is 0.0617. The van der Waals surface area contributed by atoms with Crippen molar-refractivity contribution in [3.63, 3.8) is 0 Å². The van der Waals surface area contributed by atoms with E-state index in [1.165, 1.54) is 19.2 Å². The predicted molar refractivity (Wildman–Crippen MR) is 69.6 cm³/mol. The number of carbonyl (C=O) groups excluding carboxylic acids is 1. The second kappa shape index (κ2) is 6.27. The minimum Gasteiger partial charge on any atom is -0.453 e. The van der Waals surface area contributed by atoms with Gasteiger partial charge in [0.1, 0.15) is 6.07 Å². The van der Waals surface area contributed by atoms with E-state index in [9.17, 15) is 14.9 Å². The van der Waals surface area contributed by atoms with Crippen LogP contribution >= 0.6 is 12.2 Å². The molecule has 1 aromatic rings. The quantitative estimate of drug-likeness (QED) is 0.479. The van der Waals surface area contributed by atoms with Crippen molar-refractivity contribution >= 4 is 34.8 Å². The van der Waals surface area contributed by atoms with E-state index in [2.05, 4.69) is 15.4 Å². The summed E-state index contributed by atoms with van der Waals surface area (Å²) in [6.07, 6.45) is -0.766. The monoisotopic (exact) mass is 280 g/mol. The van der Waals surface area contributed by atoms with Gasteiger partial charge in [0.15, 0.2) is 5.11 Å². The molecule has 0 unspecified atom stereocenters. The highest BCUT2D eigenvalue weighted by Gasteiger charge is 2.12. The molecule has 0 aliphatic carbocycles. The summed E-state index contributed by atoms with van der Waals surface area (Å²) < 4.78 is 4.33. The number of amides is 1. The maximum Gasteiger partial charge on any atom is 0.413 e. The average Bonchev–Trinajstić information content (AvgIpc) is 2.38. The number of carbonyl (C=O) groups is 1. The molecule has 8 nitrogen and oxygen atoms in total. The Labute approximate surface area is 113 Å². The number of nitrogens with zero attached hydrogens (tertiary/aromatic N) is 2. The summed E-state index contributed by atoms with van der Waals surface area (Å²) in [5, 5.41) is 24.1. The number of nitro benzene ring substituents is 1. The number of rotatable bonds is 2. The van der Waals surface area contributed by atoms with Crippen molar-refractivity contribution in [1.82, 2.24) is 5.32 Å². The summed E-state index contributed by atoms with van der Waals surface area (Å²) >= 11 is 4.80. The van der Waals surface area contributed by atoms with Gasteiger partial charge in [0.05, 0.1) is 23.3 Å². The minimum absolute atomic E-state index is 0.0308. The Morgan fingerprint density at radius 3 is 2.79 bits per heavy atom. The van der Waals surface area contributed by atoms with Crippen LogP contribution < -0.4 is 10.6 Å². The summed E-state index contributed by atoms with van der Waals surface area (Å²) in [6.45, 7) is 0. The van der Waals surface area contributed by atoms with Crippen molar-refractivity contribution in [3.05, 3.63) is 33.9 Å². The van der Waals surface area contributed by atoms with Crippen LogP contribution in [0.25, 0.3) is 0 Å². The predicted octanol–water partition coefficient (Wildman–Crippen LogP) is 1.52. The van der Waals surface area contributed by atoms with Gasteiger partial charge in [-0.15, -0.1) is 0 Å². The zero-order valence-corrected chi connectivity index (χ0v) is 10.5. The largest absolute Gasteiger partial charge is 0.453 e. The first-order valence-electron chi connectivity index (χ1n) is 4.82. The molecule has 0 aromatic heterocycles. The van der Waals surface area contributed by atoms with Gasteiger partial charge >= 0.3 is 6.09 Å². The highest BCUT2D eigenvalue weighted by atomic mass is 32.1. The molecule has 0 aliphatic rings. The Morgan fingerprint density at radius 1 is 1.58 bits per heavy atom. The first-order chi connectivity index (χ1) is 8.97. The molecule has 98 valence electrons. The molecule has 0 spiro atoms. The summed E-state index contributed by atoms with van der Waals surface area (Å²) in [4.78, 5) is 20.8. The van der Waals surface area contributed by atoms with E-state index in [1.807, 2.05) is 0 Å². The van der Waals surface area contributed by atoms with E-state index >= 15 is 0 Å². The van der Waals surface area contributed by atoms with E-state index in [1.54, 1.807) is 6.07 Å². The van der Waals surface area contributed by atoms with Gasteiger partial charge in [0, 0.05) is 12.1 Å². The smallest absolute Gasteiger partial charge is 0.413 e. The lowest BCUT2D eigenvalue weighted by Crippen LogP contribution is -2.34. The van der Waals surface area contributed by atoms with Crippen LogP contribution in [0.3, 0.4) is 0 Å². The molecule has 0 fully saturated rings. The number of thiocarbonyl (C=S) groups is 1. The van der Waals surface area contributed by atoms with Crippen molar-refractivity contribution in [1.29, 1.82) is 5.26 Å². The van der Waals surface area contributed by atoms with Gasteiger partial charge in [0.2, 0.25) is 0 Å². The molecule has 0 saturated carbocycles. The Hall–Kier alpha value is -2.73. The fourth-order valence-corrected chi connectivity index (χ4v) is 1.34. The first-order valence-corrected chi connectivity index (χ1v) is 5.23. The highest BCUT2D eigenvalue weighted by molar-refractivity contribution is 7.80. The molecular formula is C10H8N4O4S. The molecule has 0 atom stereocenters. The fraction of sp³-hybridized carbons (Fsp3) is 0.100. The molecule has 1 aromatic carbocycles. The SMILES string of the molecule is COC(=O)NC(=S)Nc1ccc([N+](=O)[O-])cc1C#N. The molecule has 0 heterocycles. The summed E-state index contributed by atoms with van der Waals surface area (Å²) in [6, 6.07) is 5.43. The van der Waals surface area contributed by atoms with Crippen LogP contribution in [-0.2, 0) is 4.74 Å². The standard InChI is InChI=1S/C10H8N4O4S/c1-18-10(15)13-9(19)12-8-3-2-7(14(16)17)4-6(8)5-11/h2-4H,1H3,(H2,12,13,15,19). The number of ether oxygens (including phenoxy) is 1. The lowest BCUT2D eigenvalue weighted by molar-refractivity contribution is -0.384. The highest BCUT2D eigenvalue weighted by Crippen LogP contribution is 2.21. The van der Waals surface area contributed by atoms with Gasteiger partial charge in [-0.2, -0.15) is 5.26 Å². The molecule has 9 heteroatoms. The number of alkyl carbamates (subject to hydrolysis) is 1. The number of nitro groups is 1. The summed E-state index contributed by atoms with van der Waals surface area (Å²) in [7, 11) is 1.17. The van der Waals surface area contributed by atoms with Crippen molar-refractivity contribution in [2.75, 3.05) is 12.4 Å². The number of benzene rings is 1. The van der Waals surface area contributed by atoms with E-state index in [0.29, 0.717) is 0 Å². The Balaban J connectivity index is 2.90. The van der Waals surface area contributed by atoms with Crippen molar-refractivity contribution in [2.45, 2.75) is 0 Å². The molecule has 0 aliphatic heterocycles. The van der Waals surface area contributed by atoms with Crippen LogP contribution in [0.15, 0.2) is 18.2 Å². The topological polar surface area (TPSA) is 117 Å². The van der Waals surface area contributed by atoms with Gasteiger partial charge in [-0.1, -0.05) is 0 Å². The van der Waals surface area contributed by atoms with E-state index in [0.717, 1.165) is 6.07 Å². The third-order valence-corrected chi connectivity index (χ3v) is 2.19. The van der Waals surface area contributed by atoms with Gasteiger partial charge in [-0.25, -0.2) is 4.79 Å². The number of methoxy groups -OCH3 is 1.